The number of nitrogens with zero attached hydrogens (tertiary/aromatic N) is 5. The van der Waals surface area contributed by atoms with Crippen molar-refractivity contribution < 1.29 is 13.9 Å². The fourth-order valence-corrected chi connectivity index (χ4v) is 2.46. The molecule has 0 aliphatic carbocycles. The molecule has 9 nitrogen and oxygen atoms in total. The van der Waals surface area contributed by atoms with Gasteiger partial charge in [0.25, 0.3) is 0 Å². The van der Waals surface area contributed by atoms with E-state index in [9.17, 15) is 9.18 Å². The molecule has 0 aromatic heterocycles. The lowest BCUT2D eigenvalue weighted by molar-refractivity contribution is 0.254. The van der Waals surface area contributed by atoms with Gasteiger partial charge in [-0.1, -0.05) is 6.58 Å². The van der Waals surface area contributed by atoms with Crippen LogP contribution >= 0.6 is 0 Å². The van der Waals surface area contributed by atoms with E-state index in [1.165, 1.54) is 36.7 Å². The second-order valence-electron chi connectivity index (χ2n) is 6.14. The number of amides is 2. The minimum Gasteiger partial charge on any atom is -0.434 e. The Hall–Kier alpha value is -3.95. The van der Waals surface area contributed by atoms with Crippen LogP contribution in [0.3, 0.4) is 0 Å². The first kappa shape index (κ1) is 22.3. The third-order valence-corrected chi connectivity index (χ3v) is 4.13. The van der Waals surface area contributed by atoms with Gasteiger partial charge in [-0.15, -0.1) is 0 Å². The van der Waals surface area contributed by atoms with Crippen LogP contribution in [0, 0.1) is 5.82 Å². The molecule has 1 aromatic carbocycles. The second kappa shape index (κ2) is 10.0. The monoisotopic (exact) mass is 413 g/mol. The van der Waals surface area contributed by atoms with E-state index in [-0.39, 0.29) is 17.3 Å². The van der Waals surface area contributed by atoms with E-state index in [0.717, 1.165) is 17.2 Å². The van der Waals surface area contributed by atoms with Gasteiger partial charge < -0.3 is 15.4 Å². The molecule has 30 heavy (non-hydrogen) atoms. The number of aliphatic imine (C=N–C) groups is 1. The number of urea groups is 1. The fourth-order valence-electron chi connectivity index (χ4n) is 2.46. The summed E-state index contributed by atoms with van der Waals surface area (Å²) in [7, 11) is 3.21. The highest BCUT2D eigenvalue weighted by Gasteiger charge is 2.23. The zero-order valence-electron chi connectivity index (χ0n) is 17.3. The molecule has 0 radical (unpaired) electrons. The lowest BCUT2D eigenvalue weighted by Crippen LogP contribution is -2.28. The highest BCUT2D eigenvalue weighted by molar-refractivity contribution is 6.01. The predicted octanol–water partition coefficient (Wildman–Crippen LogP) is 3.48. The van der Waals surface area contributed by atoms with Crippen LogP contribution < -0.4 is 15.4 Å². The molecule has 0 saturated heterocycles. The van der Waals surface area contributed by atoms with Crippen LogP contribution in [0.4, 0.5) is 14.9 Å². The first-order valence-corrected chi connectivity index (χ1v) is 8.88. The highest BCUT2D eigenvalue weighted by Crippen LogP contribution is 2.27. The van der Waals surface area contributed by atoms with Gasteiger partial charge in [-0.2, -0.15) is 15.2 Å². The number of carbonyl (C=O) groups excluding carboxylic acids is 1. The fraction of sp³-hybridized carbons (Fsp3) is 0.200. The van der Waals surface area contributed by atoms with Gasteiger partial charge in [-0.25, -0.2) is 14.2 Å². The van der Waals surface area contributed by atoms with Crippen molar-refractivity contribution in [1.29, 1.82) is 0 Å². The number of hydrogen-bond donors (Lipinski definition) is 2. The van der Waals surface area contributed by atoms with Crippen LogP contribution in [0.15, 0.2) is 69.2 Å². The van der Waals surface area contributed by atoms with Gasteiger partial charge >= 0.3 is 6.03 Å². The Morgan fingerprint density at radius 2 is 2.13 bits per heavy atom. The third kappa shape index (κ3) is 5.31. The van der Waals surface area contributed by atoms with Gasteiger partial charge in [0, 0.05) is 45.0 Å². The molecule has 0 bridgehead atoms. The summed E-state index contributed by atoms with van der Waals surface area (Å²) in [4.78, 5) is 15.6. The van der Waals surface area contributed by atoms with Crippen LogP contribution in [-0.4, -0.2) is 49.1 Å². The summed E-state index contributed by atoms with van der Waals surface area (Å²) in [6, 6.07) is 3.61. The van der Waals surface area contributed by atoms with Gasteiger partial charge in [-0.05, 0) is 37.1 Å². The van der Waals surface area contributed by atoms with Gasteiger partial charge in [-0.3, -0.25) is 5.01 Å². The number of carbonyl (C=O) groups is 1. The lowest BCUT2D eigenvalue weighted by atomic mass is 10.1. The smallest absolute Gasteiger partial charge is 0.318 e. The topological polar surface area (TPSA) is 93.9 Å². The summed E-state index contributed by atoms with van der Waals surface area (Å²) >= 11 is 0. The molecule has 0 spiro atoms. The van der Waals surface area contributed by atoms with Crippen molar-refractivity contribution >= 4 is 30.7 Å². The molecule has 2 rings (SSSR count). The second-order valence-corrected chi connectivity index (χ2v) is 6.14. The Kier molecular flexibility index (Phi) is 7.45. The maximum Gasteiger partial charge on any atom is 0.318 e. The molecular weight excluding hydrogens is 389 g/mol. The SMILES string of the molecule is C=CN1N=CN=C(Oc2ccc(NC(=O)NC)cc2F)/C1=C(C)\C(C)=C\N(C)N=C. The minimum absolute atomic E-state index is 0.0627. The Labute approximate surface area is 174 Å². The number of rotatable bonds is 6. The highest BCUT2D eigenvalue weighted by atomic mass is 19.1. The van der Waals surface area contributed by atoms with Gasteiger partial charge in [0.15, 0.2) is 11.6 Å². The molecule has 1 heterocycles. The lowest BCUT2D eigenvalue weighted by Gasteiger charge is -2.24. The van der Waals surface area contributed by atoms with Gasteiger partial charge in [0.05, 0.1) is 0 Å². The molecule has 0 atom stereocenters. The van der Waals surface area contributed by atoms with E-state index in [2.05, 4.69) is 39.1 Å². The number of hydrazone groups is 2. The summed E-state index contributed by atoms with van der Waals surface area (Å²) in [5.74, 6) is -0.596. The summed E-state index contributed by atoms with van der Waals surface area (Å²) in [6.45, 7) is 10.9. The number of anilines is 1. The number of benzene rings is 1. The molecule has 1 aliphatic heterocycles. The molecule has 0 fully saturated rings. The zero-order chi connectivity index (χ0) is 22.3. The van der Waals surface area contributed by atoms with Crippen LogP contribution in [0.5, 0.6) is 5.75 Å². The molecular formula is C20H24FN7O2. The predicted molar refractivity (Wildman–Crippen MR) is 117 cm³/mol. The number of ether oxygens (including phenoxy) is 1. The zero-order valence-corrected chi connectivity index (χ0v) is 17.3. The minimum atomic E-state index is -0.667. The third-order valence-electron chi connectivity index (χ3n) is 4.13. The van der Waals surface area contributed by atoms with E-state index in [1.807, 2.05) is 13.8 Å². The van der Waals surface area contributed by atoms with Crippen molar-refractivity contribution in [2.75, 3.05) is 19.4 Å². The molecule has 0 saturated carbocycles. The van der Waals surface area contributed by atoms with Crippen LogP contribution in [0.1, 0.15) is 13.8 Å². The van der Waals surface area contributed by atoms with Crippen LogP contribution in [0.25, 0.3) is 0 Å². The van der Waals surface area contributed by atoms with Crippen LogP contribution in [0.2, 0.25) is 0 Å². The Morgan fingerprint density at radius 1 is 1.40 bits per heavy atom. The van der Waals surface area contributed by atoms with Crippen molar-refractivity contribution in [3.63, 3.8) is 0 Å². The molecule has 10 heteroatoms. The number of nitrogens with one attached hydrogen (secondary N) is 2. The van der Waals surface area contributed by atoms with Crippen molar-refractivity contribution in [3.8, 4) is 5.75 Å². The number of hydrogen-bond acceptors (Lipinski definition) is 7. The maximum atomic E-state index is 14.6. The van der Waals surface area contributed by atoms with Crippen molar-refractivity contribution in [2.45, 2.75) is 13.8 Å². The van der Waals surface area contributed by atoms with Crippen molar-refractivity contribution in [1.82, 2.24) is 15.3 Å². The average Bonchev–Trinajstić information content (AvgIpc) is 2.74. The quantitative estimate of drug-likeness (QED) is 0.551. The van der Waals surface area contributed by atoms with E-state index in [1.54, 1.807) is 18.3 Å². The first-order chi connectivity index (χ1) is 14.3. The Morgan fingerprint density at radius 3 is 2.73 bits per heavy atom. The molecule has 2 amide bonds. The van der Waals surface area contributed by atoms with Crippen molar-refractivity contribution in [3.05, 3.63) is 59.8 Å². The maximum absolute atomic E-state index is 14.6. The van der Waals surface area contributed by atoms with E-state index < -0.39 is 11.8 Å². The first-order valence-electron chi connectivity index (χ1n) is 8.88. The normalized spacial score (nSPS) is 15.2. The number of allylic oxidation sites excluding steroid dienone is 2. The summed E-state index contributed by atoms with van der Waals surface area (Å²) in [5.41, 5.74) is 2.38. The molecule has 1 aliphatic rings. The molecule has 1 aromatic rings. The number of halogens is 1. The van der Waals surface area contributed by atoms with Gasteiger partial charge in [0.2, 0.25) is 5.90 Å². The van der Waals surface area contributed by atoms with Crippen LogP contribution in [-0.2, 0) is 0 Å². The largest absolute Gasteiger partial charge is 0.434 e. The summed E-state index contributed by atoms with van der Waals surface area (Å²) in [6.07, 6.45) is 4.54. The van der Waals surface area contributed by atoms with Crippen molar-refractivity contribution in [2.24, 2.45) is 15.2 Å². The average molecular weight is 413 g/mol. The van der Waals surface area contributed by atoms with E-state index in [4.69, 9.17) is 4.74 Å². The van der Waals surface area contributed by atoms with E-state index >= 15 is 0 Å². The Balaban J connectivity index is 2.40. The molecule has 0 unspecified atom stereocenters. The Bertz CT molecular complexity index is 966. The summed E-state index contributed by atoms with van der Waals surface area (Å²) in [5, 5.41) is 15.9. The molecule has 2 N–H and O–H groups in total. The standard InChI is InChI=1S/C20H24FN7O2/c1-7-28-18(14(3)13(2)11-27(6)23-5)19(24-12-25-28)30-17-9-8-15(10-16(17)21)26-20(29)22-4/h7-12H,1,5H2,2-4,6H3,(H2,22,26,29)/b13-11+,18-14+. The van der Waals surface area contributed by atoms with Gasteiger partial charge in [0.1, 0.15) is 12.0 Å². The van der Waals surface area contributed by atoms with E-state index in [0.29, 0.717) is 5.70 Å². The summed E-state index contributed by atoms with van der Waals surface area (Å²) < 4.78 is 20.3. The molecule has 158 valence electrons.